The van der Waals surface area contributed by atoms with Crippen LogP contribution in [-0.2, 0) is 18.8 Å². The van der Waals surface area contributed by atoms with Gasteiger partial charge in [-0.05, 0) is 37.8 Å². The average molecular weight is 517 g/mol. The standard InChI is InChI=1S/C26H28N8O4/c1-14-22(33(3)31-29-14)16-11-18-20(28-12-16)24-25(21(26(35)36)30-32(24)2)34(18)23(15-6-9-38-10-7-15)17-13-27-8-5-19(17)37-4/h5,8,11-13,15,23H,6-7,9-10H2,1-4H3,(H,35,36). The summed E-state index contributed by atoms with van der Waals surface area (Å²) in [7, 11) is 5.22. The quantitative estimate of drug-likeness (QED) is 0.361. The predicted molar refractivity (Wildman–Crippen MR) is 138 cm³/mol. The van der Waals surface area contributed by atoms with Crippen molar-refractivity contribution in [3.8, 4) is 17.0 Å². The zero-order valence-electron chi connectivity index (χ0n) is 21.6. The Morgan fingerprint density at radius 1 is 1.18 bits per heavy atom. The smallest absolute Gasteiger partial charge is 0.358 e. The fourth-order valence-electron chi connectivity index (χ4n) is 5.80. The predicted octanol–water partition coefficient (Wildman–Crippen LogP) is 3.14. The van der Waals surface area contributed by atoms with Gasteiger partial charge >= 0.3 is 5.97 Å². The Labute approximate surface area is 217 Å². The first kappa shape index (κ1) is 24.0. The molecule has 0 bridgehead atoms. The molecule has 12 heteroatoms. The molecule has 0 amide bonds. The van der Waals surface area contributed by atoms with Gasteiger partial charge in [-0.1, -0.05) is 5.21 Å². The Bertz CT molecular complexity index is 1660. The summed E-state index contributed by atoms with van der Waals surface area (Å²) >= 11 is 0. The molecule has 0 aliphatic carbocycles. The largest absolute Gasteiger partial charge is 0.496 e. The van der Waals surface area contributed by atoms with Crippen molar-refractivity contribution in [3.63, 3.8) is 0 Å². The summed E-state index contributed by atoms with van der Waals surface area (Å²) in [6, 6.07) is 3.57. The molecule has 38 heavy (non-hydrogen) atoms. The van der Waals surface area contributed by atoms with Crippen molar-refractivity contribution in [1.82, 2.24) is 39.3 Å². The molecule has 1 fully saturated rings. The number of aryl methyl sites for hydroxylation is 3. The first-order valence-electron chi connectivity index (χ1n) is 12.4. The monoisotopic (exact) mass is 516 g/mol. The van der Waals surface area contributed by atoms with Crippen LogP contribution in [0.15, 0.2) is 30.7 Å². The van der Waals surface area contributed by atoms with E-state index in [0.29, 0.717) is 35.5 Å². The summed E-state index contributed by atoms with van der Waals surface area (Å²) in [4.78, 5) is 21.7. The normalized spacial score (nSPS) is 15.4. The summed E-state index contributed by atoms with van der Waals surface area (Å²) in [6.07, 6.45) is 6.87. The summed E-state index contributed by atoms with van der Waals surface area (Å²) in [5.41, 5.74) is 5.92. The number of hydrogen-bond acceptors (Lipinski definition) is 8. The molecule has 6 heterocycles. The molecule has 0 saturated carbocycles. The van der Waals surface area contributed by atoms with Gasteiger partial charge in [0, 0.05) is 57.0 Å². The number of methoxy groups -OCH3 is 1. The molecule has 1 N–H and O–H groups in total. The molecule has 1 unspecified atom stereocenters. The van der Waals surface area contributed by atoms with E-state index in [4.69, 9.17) is 14.5 Å². The van der Waals surface area contributed by atoms with Gasteiger partial charge in [0.2, 0.25) is 0 Å². The molecule has 1 atom stereocenters. The third kappa shape index (κ3) is 3.63. The molecule has 6 rings (SSSR count). The van der Waals surface area contributed by atoms with Crippen LogP contribution in [0.25, 0.3) is 33.3 Å². The fourth-order valence-corrected chi connectivity index (χ4v) is 5.80. The maximum absolute atomic E-state index is 12.5. The van der Waals surface area contributed by atoms with Crippen LogP contribution in [0.3, 0.4) is 0 Å². The zero-order valence-corrected chi connectivity index (χ0v) is 21.6. The van der Waals surface area contributed by atoms with E-state index in [9.17, 15) is 9.90 Å². The van der Waals surface area contributed by atoms with Gasteiger partial charge in [-0.15, -0.1) is 5.10 Å². The number of aromatic carboxylic acids is 1. The third-order valence-corrected chi connectivity index (χ3v) is 7.43. The van der Waals surface area contributed by atoms with Crippen LogP contribution >= 0.6 is 0 Å². The number of pyridine rings is 2. The third-order valence-electron chi connectivity index (χ3n) is 7.43. The van der Waals surface area contributed by atoms with E-state index in [0.717, 1.165) is 40.9 Å². The first-order chi connectivity index (χ1) is 18.4. The lowest BCUT2D eigenvalue weighted by atomic mass is 9.86. The van der Waals surface area contributed by atoms with Crippen LogP contribution in [0.4, 0.5) is 0 Å². The number of ether oxygens (including phenoxy) is 2. The minimum Gasteiger partial charge on any atom is -0.496 e. The van der Waals surface area contributed by atoms with Crippen molar-refractivity contribution in [2.75, 3.05) is 20.3 Å². The van der Waals surface area contributed by atoms with Crippen molar-refractivity contribution < 1.29 is 19.4 Å². The summed E-state index contributed by atoms with van der Waals surface area (Å²) in [6.45, 7) is 3.14. The molecule has 1 aliphatic rings. The second-order valence-electron chi connectivity index (χ2n) is 9.60. The number of aromatic nitrogens is 8. The Kier molecular flexibility index (Phi) is 5.83. The van der Waals surface area contributed by atoms with Gasteiger partial charge in [-0.25, -0.2) is 9.48 Å². The van der Waals surface area contributed by atoms with E-state index >= 15 is 0 Å². The Morgan fingerprint density at radius 3 is 2.66 bits per heavy atom. The van der Waals surface area contributed by atoms with E-state index in [2.05, 4.69) is 25.0 Å². The molecular formula is C26H28N8O4. The Balaban J connectivity index is 1.74. The zero-order chi connectivity index (χ0) is 26.6. The highest BCUT2D eigenvalue weighted by Gasteiger charge is 2.35. The maximum atomic E-state index is 12.5. The van der Waals surface area contributed by atoms with Crippen molar-refractivity contribution in [3.05, 3.63) is 47.7 Å². The van der Waals surface area contributed by atoms with Gasteiger partial charge in [0.25, 0.3) is 0 Å². The SMILES string of the molecule is COc1ccncc1C(C1CCOCC1)n1c2cc(-c3c(C)nnn3C)cnc2c2c1c(C(=O)O)nn2C. The lowest BCUT2D eigenvalue weighted by Crippen LogP contribution is -2.27. The molecule has 5 aromatic heterocycles. The van der Waals surface area contributed by atoms with Crippen LogP contribution in [0.2, 0.25) is 0 Å². The number of nitrogens with zero attached hydrogens (tertiary/aromatic N) is 8. The van der Waals surface area contributed by atoms with Crippen molar-refractivity contribution in [2.24, 2.45) is 20.0 Å². The Morgan fingerprint density at radius 2 is 1.97 bits per heavy atom. The number of hydrogen-bond donors (Lipinski definition) is 1. The number of carbonyl (C=O) groups is 1. The second-order valence-corrected chi connectivity index (χ2v) is 9.60. The highest BCUT2D eigenvalue weighted by Crippen LogP contribution is 2.44. The van der Waals surface area contributed by atoms with Gasteiger partial charge in [0.15, 0.2) is 5.69 Å². The number of carboxylic acids is 1. The van der Waals surface area contributed by atoms with E-state index in [1.807, 2.05) is 26.1 Å². The van der Waals surface area contributed by atoms with Crippen LogP contribution in [-0.4, -0.2) is 70.7 Å². The van der Waals surface area contributed by atoms with Gasteiger partial charge in [0.05, 0.1) is 30.1 Å². The van der Waals surface area contributed by atoms with Gasteiger partial charge < -0.3 is 19.1 Å². The molecule has 0 radical (unpaired) electrons. The van der Waals surface area contributed by atoms with Crippen molar-refractivity contribution in [2.45, 2.75) is 25.8 Å². The molecule has 5 aromatic rings. The van der Waals surface area contributed by atoms with E-state index < -0.39 is 5.97 Å². The Hall–Kier alpha value is -4.32. The maximum Gasteiger partial charge on any atom is 0.358 e. The van der Waals surface area contributed by atoms with Crippen LogP contribution in [0, 0.1) is 12.8 Å². The van der Waals surface area contributed by atoms with E-state index in [-0.39, 0.29) is 17.7 Å². The minimum absolute atomic E-state index is 0.0275. The molecular weight excluding hydrogens is 488 g/mol. The lowest BCUT2D eigenvalue weighted by molar-refractivity contribution is 0.0548. The number of carboxylic acid groups (broad SMARTS) is 1. The highest BCUT2D eigenvalue weighted by atomic mass is 16.5. The van der Waals surface area contributed by atoms with E-state index in [1.165, 1.54) is 0 Å². The van der Waals surface area contributed by atoms with Gasteiger partial charge in [0.1, 0.15) is 22.3 Å². The first-order valence-corrected chi connectivity index (χ1v) is 12.4. The molecule has 1 saturated heterocycles. The molecule has 0 aromatic carbocycles. The van der Waals surface area contributed by atoms with Crippen LogP contribution < -0.4 is 4.74 Å². The van der Waals surface area contributed by atoms with E-state index in [1.54, 1.807) is 42.1 Å². The second kappa shape index (κ2) is 9.21. The lowest BCUT2D eigenvalue weighted by Gasteiger charge is -2.33. The van der Waals surface area contributed by atoms with Crippen molar-refractivity contribution in [1.29, 1.82) is 0 Å². The topological polar surface area (TPSA) is 135 Å². The average Bonchev–Trinajstić information content (AvgIpc) is 3.56. The summed E-state index contributed by atoms with van der Waals surface area (Å²) in [5.74, 6) is -0.287. The number of fused-ring (bicyclic) bond motifs is 3. The fraction of sp³-hybridized carbons (Fsp3) is 0.385. The molecule has 0 spiro atoms. The summed E-state index contributed by atoms with van der Waals surface area (Å²) < 4.78 is 16.9. The number of rotatable bonds is 6. The summed E-state index contributed by atoms with van der Waals surface area (Å²) in [5, 5.41) is 23.0. The molecule has 12 nitrogen and oxygen atoms in total. The van der Waals surface area contributed by atoms with Crippen LogP contribution in [0.1, 0.15) is 40.6 Å². The van der Waals surface area contributed by atoms with Crippen LogP contribution in [0.5, 0.6) is 5.75 Å². The van der Waals surface area contributed by atoms with Gasteiger partial charge in [-0.3, -0.25) is 14.6 Å². The molecule has 1 aliphatic heterocycles. The van der Waals surface area contributed by atoms with Crippen molar-refractivity contribution >= 4 is 28.0 Å². The minimum atomic E-state index is -1.10. The van der Waals surface area contributed by atoms with Gasteiger partial charge in [-0.2, -0.15) is 5.10 Å². The highest BCUT2D eigenvalue weighted by molar-refractivity contribution is 6.11. The molecule has 196 valence electrons.